The van der Waals surface area contributed by atoms with Crippen molar-refractivity contribution >= 4 is 29.7 Å². The molecule has 4 atom stereocenters. The lowest BCUT2D eigenvalue weighted by Gasteiger charge is -2.40. The summed E-state index contributed by atoms with van der Waals surface area (Å²) < 4.78 is 21.9. The van der Waals surface area contributed by atoms with E-state index in [1.165, 1.54) is 72.1 Å². The molecule has 0 radical (unpaired) electrons. The molecule has 1 saturated heterocycles. The molecule has 0 aliphatic carbocycles. The fourth-order valence-electron chi connectivity index (χ4n) is 3.64. The van der Waals surface area contributed by atoms with Gasteiger partial charge in [0.1, 0.15) is 5.44 Å². The molecule has 1 rings (SSSR count). The van der Waals surface area contributed by atoms with Crippen molar-refractivity contribution in [3.8, 4) is 0 Å². The molecule has 31 heavy (non-hydrogen) atoms. The molecule has 0 N–H and O–H groups in total. The van der Waals surface area contributed by atoms with Gasteiger partial charge in [0.2, 0.25) is 0 Å². The topological polar surface area (TPSA) is 88.1 Å². The lowest BCUT2D eigenvalue weighted by Crippen LogP contribution is -2.56. The second kappa shape index (κ2) is 16.4. The summed E-state index contributed by atoms with van der Waals surface area (Å²) in [5.41, 5.74) is -0.473. The molecule has 0 unspecified atom stereocenters. The van der Waals surface area contributed by atoms with Gasteiger partial charge in [-0.25, -0.2) is 0 Å². The first-order valence-corrected chi connectivity index (χ1v) is 12.6. The standard InChI is InChI=1S/C23H40O7S/c1-5-6-7-8-9-10-11-12-13-14-15-31-23-22(30-19(4)26)21(29-18(3)25)20(16-27-23)28-17(2)24/h20-23H,5-16H2,1-4H3/t20-,21+,22-,23+/m1/s1. The largest absolute Gasteiger partial charge is 0.456 e. The molecule has 0 bridgehead atoms. The smallest absolute Gasteiger partial charge is 0.303 e. The van der Waals surface area contributed by atoms with Gasteiger partial charge in [0.15, 0.2) is 18.3 Å². The molecule has 0 aromatic rings. The summed E-state index contributed by atoms with van der Waals surface area (Å²) in [7, 11) is 0. The van der Waals surface area contributed by atoms with Gasteiger partial charge >= 0.3 is 17.9 Å². The quantitative estimate of drug-likeness (QED) is 0.196. The maximum atomic E-state index is 11.6. The van der Waals surface area contributed by atoms with E-state index in [0.717, 1.165) is 18.6 Å². The highest BCUT2D eigenvalue weighted by atomic mass is 32.2. The van der Waals surface area contributed by atoms with E-state index in [-0.39, 0.29) is 6.61 Å². The van der Waals surface area contributed by atoms with Crippen LogP contribution in [0.1, 0.15) is 91.9 Å². The Hall–Kier alpha value is -1.28. The Kier molecular flexibility index (Phi) is 14.7. The third-order valence-corrected chi connectivity index (χ3v) is 6.34. The van der Waals surface area contributed by atoms with Gasteiger partial charge in [-0.3, -0.25) is 14.4 Å². The van der Waals surface area contributed by atoms with Crippen molar-refractivity contribution in [1.29, 1.82) is 0 Å². The van der Waals surface area contributed by atoms with Crippen LogP contribution in [0.25, 0.3) is 0 Å². The van der Waals surface area contributed by atoms with Crippen LogP contribution in [0.2, 0.25) is 0 Å². The van der Waals surface area contributed by atoms with Crippen LogP contribution >= 0.6 is 11.8 Å². The van der Waals surface area contributed by atoms with Gasteiger partial charge in [0.05, 0.1) is 6.61 Å². The van der Waals surface area contributed by atoms with E-state index in [0.29, 0.717) is 0 Å². The van der Waals surface area contributed by atoms with E-state index in [4.69, 9.17) is 18.9 Å². The normalized spacial score (nSPS) is 23.2. The number of hydrogen-bond donors (Lipinski definition) is 0. The summed E-state index contributed by atoms with van der Waals surface area (Å²) >= 11 is 1.55. The summed E-state index contributed by atoms with van der Waals surface area (Å²) in [6, 6.07) is 0. The highest BCUT2D eigenvalue weighted by molar-refractivity contribution is 7.99. The Morgan fingerprint density at radius 2 is 1.23 bits per heavy atom. The molecule has 0 aromatic carbocycles. The minimum atomic E-state index is -0.885. The Labute approximate surface area is 191 Å². The first-order chi connectivity index (χ1) is 14.8. The molecular weight excluding hydrogens is 420 g/mol. The lowest BCUT2D eigenvalue weighted by molar-refractivity contribution is -0.213. The predicted molar refractivity (Wildman–Crippen MR) is 121 cm³/mol. The summed E-state index contributed by atoms with van der Waals surface area (Å²) in [6.07, 6.45) is 10.1. The predicted octanol–water partition coefficient (Wildman–Crippen LogP) is 4.79. The summed E-state index contributed by atoms with van der Waals surface area (Å²) in [4.78, 5) is 34.6. The molecule has 1 heterocycles. The van der Waals surface area contributed by atoms with Crippen molar-refractivity contribution in [3.05, 3.63) is 0 Å². The van der Waals surface area contributed by atoms with Gasteiger partial charge < -0.3 is 18.9 Å². The van der Waals surface area contributed by atoms with Crippen molar-refractivity contribution in [2.75, 3.05) is 12.4 Å². The minimum Gasteiger partial charge on any atom is -0.456 e. The van der Waals surface area contributed by atoms with Gasteiger partial charge in [-0.15, -0.1) is 11.8 Å². The van der Waals surface area contributed by atoms with Crippen LogP contribution in [-0.2, 0) is 33.3 Å². The van der Waals surface area contributed by atoms with Crippen LogP contribution in [0.5, 0.6) is 0 Å². The molecule has 1 fully saturated rings. The van der Waals surface area contributed by atoms with Crippen molar-refractivity contribution in [1.82, 2.24) is 0 Å². The van der Waals surface area contributed by atoms with Crippen molar-refractivity contribution < 1.29 is 33.3 Å². The maximum absolute atomic E-state index is 11.6. The number of esters is 3. The fraction of sp³-hybridized carbons (Fsp3) is 0.870. The Morgan fingerprint density at radius 1 is 0.742 bits per heavy atom. The highest BCUT2D eigenvalue weighted by Crippen LogP contribution is 2.31. The summed E-state index contributed by atoms with van der Waals surface area (Å²) in [5.74, 6) is -0.688. The molecule has 7 nitrogen and oxygen atoms in total. The zero-order chi connectivity index (χ0) is 23.1. The van der Waals surface area contributed by atoms with Crippen LogP contribution in [0, 0.1) is 0 Å². The summed E-state index contributed by atoms with van der Waals surface area (Å²) in [5, 5.41) is 0. The Morgan fingerprint density at radius 3 is 1.74 bits per heavy atom. The molecule has 0 saturated carbocycles. The number of carbonyl (C=O) groups is 3. The number of carbonyl (C=O) groups excluding carboxylic acids is 3. The van der Waals surface area contributed by atoms with Gasteiger partial charge in [0, 0.05) is 20.8 Å². The number of hydrogen-bond acceptors (Lipinski definition) is 8. The van der Waals surface area contributed by atoms with Gasteiger partial charge in [-0.05, 0) is 12.2 Å². The average Bonchev–Trinajstić information content (AvgIpc) is 2.68. The van der Waals surface area contributed by atoms with Crippen LogP contribution in [0.15, 0.2) is 0 Å². The Balaban J connectivity index is 2.44. The van der Waals surface area contributed by atoms with Gasteiger partial charge in [-0.2, -0.15) is 0 Å². The molecule has 180 valence electrons. The average molecular weight is 461 g/mol. The first-order valence-electron chi connectivity index (χ1n) is 11.6. The van der Waals surface area contributed by atoms with E-state index in [2.05, 4.69) is 6.92 Å². The van der Waals surface area contributed by atoms with Crippen LogP contribution < -0.4 is 0 Å². The first kappa shape index (κ1) is 27.8. The Bertz CT molecular complexity index is 540. The number of ether oxygens (including phenoxy) is 4. The van der Waals surface area contributed by atoms with Crippen molar-refractivity contribution in [2.24, 2.45) is 0 Å². The third kappa shape index (κ3) is 12.4. The molecule has 8 heteroatoms. The van der Waals surface area contributed by atoms with Gasteiger partial charge in [-0.1, -0.05) is 64.7 Å². The molecular formula is C23H40O7S. The van der Waals surface area contributed by atoms with Crippen molar-refractivity contribution in [2.45, 2.75) is 116 Å². The molecule has 0 spiro atoms. The van der Waals surface area contributed by atoms with Crippen LogP contribution in [0.4, 0.5) is 0 Å². The minimum absolute atomic E-state index is 0.0883. The maximum Gasteiger partial charge on any atom is 0.303 e. The molecule has 0 amide bonds. The number of unbranched alkanes of at least 4 members (excludes halogenated alkanes) is 9. The highest BCUT2D eigenvalue weighted by Gasteiger charge is 2.46. The third-order valence-electron chi connectivity index (χ3n) is 5.08. The molecule has 1 aliphatic heterocycles. The number of thioether (sulfide) groups is 1. The second-order valence-electron chi connectivity index (χ2n) is 8.05. The second-order valence-corrected chi connectivity index (χ2v) is 9.26. The fourth-order valence-corrected chi connectivity index (χ4v) is 4.82. The van der Waals surface area contributed by atoms with E-state index in [1.807, 2.05) is 0 Å². The van der Waals surface area contributed by atoms with E-state index in [9.17, 15) is 14.4 Å². The van der Waals surface area contributed by atoms with Crippen molar-refractivity contribution in [3.63, 3.8) is 0 Å². The van der Waals surface area contributed by atoms with Gasteiger partial charge in [0.25, 0.3) is 0 Å². The molecule has 1 aliphatic rings. The zero-order valence-electron chi connectivity index (χ0n) is 19.6. The summed E-state index contributed by atoms with van der Waals surface area (Å²) in [6.45, 7) is 6.17. The molecule has 0 aromatic heterocycles. The van der Waals surface area contributed by atoms with E-state index < -0.39 is 41.7 Å². The monoisotopic (exact) mass is 460 g/mol. The zero-order valence-corrected chi connectivity index (χ0v) is 20.4. The van der Waals surface area contributed by atoms with E-state index in [1.54, 1.807) is 11.8 Å². The van der Waals surface area contributed by atoms with Crippen LogP contribution in [-0.4, -0.2) is 54.0 Å². The van der Waals surface area contributed by atoms with E-state index >= 15 is 0 Å². The lowest BCUT2D eigenvalue weighted by atomic mass is 10.1. The SMILES string of the molecule is CCCCCCCCCCCCS[C@@H]1OC[C@@H](OC(C)=O)[C@H](OC(C)=O)[C@H]1OC(C)=O. The number of rotatable bonds is 15. The van der Waals surface area contributed by atoms with Crippen LogP contribution in [0.3, 0.4) is 0 Å².